The normalized spacial score (nSPS) is 15.1. The minimum Gasteiger partial charge on any atom is -0.342 e. The standard InChI is InChI=1S/C25H30N4O/c1-19-9-5-6-10-20(19)17-29-18-21(23-13-7-8-14-24(23)29)15-27-28-25(30)16-26-22-11-3-2-4-12-22/h5-10,13-15,18,22,26H,2-4,11-12,16-17H2,1H3,(H,28,30)/b27-15-. The third-order valence-electron chi connectivity index (χ3n) is 5.97. The molecule has 0 spiro atoms. The first-order valence-electron chi connectivity index (χ1n) is 10.9. The lowest BCUT2D eigenvalue weighted by Gasteiger charge is -2.22. The van der Waals surface area contributed by atoms with Crippen LogP contribution < -0.4 is 10.7 Å². The lowest BCUT2D eigenvalue weighted by atomic mass is 9.95. The molecule has 1 aliphatic rings. The minimum absolute atomic E-state index is 0.0968. The molecule has 1 saturated carbocycles. The van der Waals surface area contributed by atoms with Crippen molar-refractivity contribution in [3.05, 3.63) is 71.4 Å². The molecule has 1 heterocycles. The fourth-order valence-corrected chi connectivity index (χ4v) is 4.24. The molecule has 0 aliphatic heterocycles. The number of para-hydroxylation sites is 1. The zero-order chi connectivity index (χ0) is 20.8. The summed E-state index contributed by atoms with van der Waals surface area (Å²) >= 11 is 0. The fourth-order valence-electron chi connectivity index (χ4n) is 4.24. The van der Waals surface area contributed by atoms with Crippen molar-refractivity contribution in [2.75, 3.05) is 6.54 Å². The molecular weight excluding hydrogens is 372 g/mol. The lowest BCUT2D eigenvalue weighted by molar-refractivity contribution is -0.120. The van der Waals surface area contributed by atoms with Gasteiger partial charge in [-0.1, -0.05) is 61.7 Å². The number of hydrazone groups is 1. The number of amides is 1. The van der Waals surface area contributed by atoms with E-state index in [-0.39, 0.29) is 5.91 Å². The molecule has 1 aromatic heterocycles. The number of carbonyl (C=O) groups is 1. The van der Waals surface area contributed by atoms with Crippen molar-refractivity contribution in [1.82, 2.24) is 15.3 Å². The Morgan fingerprint density at radius 3 is 2.70 bits per heavy atom. The van der Waals surface area contributed by atoms with Gasteiger partial charge in [0.15, 0.2) is 0 Å². The highest BCUT2D eigenvalue weighted by molar-refractivity contribution is 5.99. The molecule has 0 atom stereocenters. The van der Waals surface area contributed by atoms with Crippen LogP contribution in [0.3, 0.4) is 0 Å². The molecule has 0 bridgehead atoms. The molecule has 2 N–H and O–H groups in total. The summed E-state index contributed by atoms with van der Waals surface area (Å²) in [6.07, 6.45) is 10.00. The van der Waals surface area contributed by atoms with Crippen molar-refractivity contribution in [3.8, 4) is 0 Å². The zero-order valence-corrected chi connectivity index (χ0v) is 17.6. The van der Waals surface area contributed by atoms with Gasteiger partial charge in [0.1, 0.15) is 0 Å². The Kier molecular flexibility index (Phi) is 6.60. The number of fused-ring (bicyclic) bond motifs is 1. The summed E-state index contributed by atoms with van der Waals surface area (Å²) in [5, 5.41) is 8.69. The van der Waals surface area contributed by atoms with E-state index in [4.69, 9.17) is 0 Å². The predicted molar refractivity (Wildman–Crippen MR) is 123 cm³/mol. The van der Waals surface area contributed by atoms with E-state index < -0.39 is 0 Å². The second kappa shape index (κ2) is 9.72. The van der Waals surface area contributed by atoms with Crippen molar-refractivity contribution in [3.63, 3.8) is 0 Å². The van der Waals surface area contributed by atoms with Crippen molar-refractivity contribution in [2.24, 2.45) is 5.10 Å². The summed E-state index contributed by atoms with van der Waals surface area (Å²) in [4.78, 5) is 12.1. The van der Waals surface area contributed by atoms with E-state index in [0.29, 0.717) is 12.6 Å². The van der Waals surface area contributed by atoms with Gasteiger partial charge in [0.2, 0.25) is 0 Å². The maximum Gasteiger partial charge on any atom is 0.254 e. The predicted octanol–water partition coefficient (Wildman–Crippen LogP) is 4.37. The molecule has 2 aromatic carbocycles. The molecule has 156 valence electrons. The van der Waals surface area contributed by atoms with Gasteiger partial charge in [-0.05, 0) is 37.0 Å². The number of nitrogens with zero attached hydrogens (tertiary/aromatic N) is 2. The van der Waals surface area contributed by atoms with Crippen LogP contribution in [0.2, 0.25) is 0 Å². The highest BCUT2D eigenvalue weighted by Crippen LogP contribution is 2.22. The zero-order valence-electron chi connectivity index (χ0n) is 17.6. The maximum atomic E-state index is 12.1. The molecular formula is C25H30N4O. The number of aryl methyl sites for hydroxylation is 1. The first-order chi connectivity index (χ1) is 14.7. The van der Waals surface area contributed by atoms with Gasteiger partial charge < -0.3 is 9.88 Å². The summed E-state index contributed by atoms with van der Waals surface area (Å²) in [6.45, 7) is 3.26. The van der Waals surface area contributed by atoms with E-state index in [1.54, 1.807) is 6.21 Å². The summed E-state index contributed by atoms with van der Waals surface area (Å²) in [7, 11) is 0. The van der Waals surface area contributed by atoms with Crippen molar-refractivity contribution < 1.29 is 4.79 Å². The third kappa shape index (κ3) is 4.97. The molecule has 1 fully saturated rings. The van der Waals surface area contributed by atoms with Crippen LogP contribution in [-0.2, 0) is 11.3 Å². The van der Waals surface area contributed by atoms with Crippen molar-refractivity contribution >= 4 is 23.0 Å². The Hall–Kier alpha value is -2.92. The van der Waals surface area contributed by atoms with Crippen LogP contribution in [0.15, 0.2) is 59.8 Å². The van der Waals surface area contributed by atoms with Crippen LogP contribution in [-0.4, -0.2) is 29.3 Å². The molecule has 30 heavy (non-hydrogen) atoms. The molecule has 5 nitrogen and oxygen atoms in total. The largest absolute Gasteiger partial charge is 0.342 e. The third-order valence-corrected chi connectivity index (χ3v) is 5.97. The fraction of sp³-hybridized carbons (Fsp3) is 0.360. The van der Waals surface area contributed by atoms with E-state index in [2.05, 4.69) is 76.0 Å². The van der Waals surface area contributed by atoms with E-state index in [1.165, 1.54) is 30.4 Å². The summed E-state index contributed by atoms with van der Waals surface area (Å²) < 4.78 is 2.24. The van der Waals surface area contributed by atoms with Gasteiger partial charge in [0, 0.05) is 35.2 Å². The molecule has 3 aromatic rings. The highest BCUT2D eigenvalue weighted by atomic mass is 16.2. The van der Waals surface area contributed by atoms with Crippen LogP contribution >= 0.6 is 0 Å². The Bertz CT molecular complexity index is 1030. The summed E-state index contributed by atoms with van der Waals surface area (Å²) in [6, 6.07) is 17.2. The van der Waals surface area contributed by atoms with Gasteiger partial charge in [-0.3, -0.25) is 4.79 Å². The van der Waals surface area contributed by atoms with Gasteiger partial charge in [-0.15, -0.1) is 0 Å². The molecule has 4 rings (SSSR count). The molecule has 1 amide bonds. The Morgan fingerprint density at radius 2 is 1.87 bits per heavy atom. The number of carbonyl (C=O) groups excluding carboxylic acids is 1. The van der Waals surface area contributed by atoms with Gasteiger partial charge >= 0.3 is 0 Å². The minimum atomic E-state index is -0.0968. The Balaban J connectivity index is 1.42. The van der Waals surface area contributed by atoms with Gasteiger partial charge in [-0.2, -0.15) is 5.10 Å². The van der Waals surface area contributed by atoms with Gasteiger partial charge in [0.05, 0.1) is 12.8 Å². The molecule has 0 radical (unpaired) electrons. The monoisotopic (exact) mass is 402 g/mol. The number of hydrogen-bond acceptors (Lipinski definition) is 3. The van der Waals surface area contributed by atoms with Gasteiger partial charge in [0.25, 0.3) is 5.91 Å². The van der Waals surface area contributed by atoms with Crippen LogP contribution in [0.4, 0.5) is 0 Å². The quantitative estimate of drug-likeness (QED) is 0.455. The topological polar surface area (TPSA) is 58.4 Å². The molecule has 0 saturated heterocycles. The SMILES string of the molecule is Cc1ccccc1Cn1cc(/C=N\NC(=O)CNC2CCCCC2)c2ccccc21. The number of hydrogen-bond donors (Lipinski definition) is 2. The lowest BCUT2D eigenvalue weighted by Crippen LogP contribution is -2.38. The Labute approximate surface area is 178 Å². The van der Waals surface area contributed by atoms with Crippen LogP contribution in [0.5, 0.6) is 0 Å². The van der Waals surface area contributed by atoms with Crippen molar-refractivity contribution in [1.29, 1.82) is 0 Å². The second-order valence-electron chi connectivity index (χ2n) is 8.16. The summed E-state index contributed by atoms with van der Waals surface area (Å²) in [5.74, 6) is -0.0968. The number of benzene rings is 2. The smallest absolute Gasteiger partial charge is 0.254 e. The highest BCUT2D eigenvalue weighted by Gasteiger charge is 2.13. The van der Waals surface area contributed by atoms with Crippen LogP contribution in [0.25, 0.3) is 10.9 Å². The number of rotatable bonds is 7. The number of aromatic nitrogens is 1. The summed E-state index contributed by atoms with van der Waals surface area (Å²) in [5.41, 5.74) is 7.40. The van der Waals surface area contributed by atoms with E-state index in [9.17, 15) is 4.79 Å². The molecule has 5 heteroatoms. The van der Waals surface area contributed by atoms with Crippen LogP contribution in [0, 0.1) is 6.92 Å². The second-order valence-corrected chi connectivity index (χ2v) is 8.16. The van der Waals surface area contributed by atoms with E-state index in [0.717, 1.165) is 35.9 Å². The van der Waals surface area contributed by atoms with Crippen LogP contribution in [0.1, 0.15) is 48.8 Å². The van der Waals surface area contributed by atoms with Crippen molar-refractivity contribution in [2.45, 2.75) is 51.6 Å². The Morgan fingerprint density at radius 1 is 1.10 bits per heavy atom. The van der Waals surface area contributed by atoms with Gasteiger partial charge in [-0.25, -0.2) is 5.43 Å². The maximum absolute atomic E-state index is 12.1. The first kappa shape index (κ1) is 20.4. The average molecular weight is 403 g/mol. The van der Waals surface area contributed by atoms with E-state index >= 15 is 0 Å². The average Bonchev–Trinajstić information content (AvgIpc) is 3.12. The van der Waals surface area contributed by atoms with E-state index in [1.807, 2.05) is 6.07 Å². The molecule has 0 unspecified atom stereocenters. The number of nitrogens with one attached hydrogen (secondary N) is 2. The first-order valence-corrected chi connectivity index (χ1v) is 10.9. The molecule has 1 aliphatic carbocycles.